The van der Waals surface area contributed by atoms with Gasteiger partial charge in [-0.2, -0.15) is 0 Å². The topological polar surface area (TPSA) is 96.0 Å². The molecule has 0 aliphatic rings. The van der Waals surface area contributed by atoms with Crippen LogP contribution < -0.4 is 0 Å². The molecule has 1 unspecified atom stereocenters. The number of esters is 4. The van der Waals surface area contributed by atoms with E-state index in [1.165, 1.54) is 0 Å². The highest BCUT2D eigenvalue weighted by atomic mass is 16.6. The van der Waals surface area contributed by atoms with E-state index in [9.17, 15) is 19.2 Å². The number of carbonyl (C=O) groups is 4. The van der Waals surface area contributed by atoms with E-state index in [4.69, 9.17) is 9.47 Å². The van der Waals surface area contributed by atoms with Crippen LogP contribution in [-0.2, 0) is 33.4 Å². The fraction of sp³-hybridized carbons (Fsp3) is 0.600. The Kier molecular flexibility index (Phi) is 8.08. The maximum absolute atomic E-state index is 11.9. The first kappa shape index (κ1) is 19.8. The summed E-state index contributed by atoms with van der Waals surface area (Å²) in [6.07, 6.45) is 1.25. The monoisotopic (exact) mass is 314 g/mol. The lowest BCUT2D eigenvalue weighted by atomic mass is 9.97. The quantitative estimate of drug-likeness (QED) is 0.317. The molecule has 0 aromatic carbocycles. The van der Waals surface area contributed by atoms with Crippen molar-refractivity contribution < 1.29 is 33.4 Å². The molecule has 0 saturated carbocycles. The van der Waals surface area contributed by atoms with Gasteiger partial charge in [-0.15, -0.1) is 0 Å². The highest BCUT2D eigenvalue weighted by molar-refractivity contribution is 5.94. The average Bonchev–Trinajstić information content (AvgIpc) is 2.43. The van der Waals surface area contributed by atoms with Crippen LogP contribution in [0.15, 0.2) is 12.2 Å². The van der Waals surface area contributed by atoms with Gasteiger partial charge in [0, 0.05) is 12.2 Å². The Morgan fingerprint density at radius 1 is 1.05 bits per heavy atom. The van der Waals surface area contributed by atoms with E-state index in [-0.39, 0.29) is 6.42 Å². The largest absolute Gasteiger partial charge is 0.466 e. The molecule has 0 aromatic heterocycles. The van der Waals surface area contributed by atoms with Crippen LogP contribution in [0.25, 0.3) is 0 Å². The standard InChI is InChI=1S/C15H22O7/c1-6-7-10(13(18)22-14(19)15(2,3)4)21-12(17)9-8-11(16)20-5/h8-10H,6-7H2,1-5H3/b9-8+. The molecular formula is C15H22O7. The summed E-state index contributed by atoms with van der Waals surface area (Å²) in [6, 6.07) is 0. The molecule has 22 heavy (non-hydrogen) atoms. The zero-order chi connectivity index (χ0) is 17.3. The first-order valence-corrected chi connectivity index (χ1v) is 6.84. The van der Waals surface area contributed by atoms with Crippen LogP contribution in [0, 0.1) is 5.41 Å². The van der Waals surface area contributed by atoms with Crippen LogP contribution in [0.1, 0.15) is 40.5 Å². The van der Waals surface area contributed by atoms with E-state index in [0.29, 0.717) is 6.42 Å². The molecule has 1 atom stereocenters. The second-order valence-corrected chi connectivity index (χ2v) is 5.53. The van der Waals surface area contributed by atoms with E-state index in [1.807, 2.05) is 0 Å². The first-order valence-electron chi connectivity index (χ1n) is 6.84. The van der Waals surface area contributed by atoms with E-state index in [2.05, 4.69) is 4.74 Å². The van der Waals surface area contributed by atoms with Crippen LogP contribution in [0.3, 0.4) is 0 Å². The molecule has 0 radical (unpaired) electrons. The van der Waals surface area contributed by atoms with Gasteiger partial charge in [0.2, 0.25) is 0 Å². The second kappa shape index (κ2) is 8.96. The minimum Gasteiger partial charge on any atom is -0.466 e. The van der Waals surface area contributed by atoms with E-state index < -0.39 is 35.4 Å². The molecule has 124 valence electrons. The third-order valence-electron chi connectivity index (χ3n) is 2.43. The van der Waals surface area contributed by atoms with Crippen LogP contribution in [-0.4, -0.2) is 37.1 Å². The van der Waals surface area contributed by atoms with Crippen LogP contribution >= 0.6 is 0 Å². The molecule has 0 saturated heterocycles. The molecule has 0 aliphatic carbocycles. The Bertz CT molecular complexity index is 457. The van der Waals surface area contributed by atoms with E-state index >= 15 is 0 Å². The zero-order valence-electron chi connectivity index (χ0n) is 13.5. The highest BCUT2D eigenvalue weighted by Gasteiger charge is 2.30. The molecule has 0 spiro atoms. The number of methoxy groups -OCH3 is 1. The molecular weight excluding hydrogens is 292 g/mol. The van der Waals surface area contributed by atoms with Gasteiger partial charge in [0.05, 0.1) is 12.5 Å². The molecule has 0 N–H and O–H groups in total. The van der Waals surface area contributed by atoms with Crippen molar-refractivity contribution in [3.05, 3.63) is 12.2 Å². The van der Waals surface area contributed by atoms with Gasteiger partial charge in [0.25, 0.3) is 0 Å². The van der Waals surface area contributed by atoms with Gasteiger partial charge in [0.15, 0.2) is 6.10 Å². The zero-order valence-corrected chi connectivity index (χ0v) is 13.5. The number of hydrogen-bond acceptors (Lipinski definition) is 7. The highest BCUT2D eigenvalue weighted by Crippen LogP contribution is 2.16. The molecule has 0 aliphatic heterocycles. The average molecular weight is 314 g/mol. The molecule has 0 aromatic rings. The van der Waals surface area contributed by atoms with Gasteiger partial charge < -0.3 is 14.2 Å². The Labute approximate surface area is 129 Å². The van der Waals surface area contributed by atoms with Crippen LogP contribution in [0.2, 0.25) is 0 Å². The molecule has 0 heterocycles. The van der Waals surface area contributed by atoms with Crippen LogP contribution in [0.5, 0.6) is 0 Å². The van der Waals surface area contributed by atoms with E-state index in [0.717, 1.165) is 19.3 Å². The molecule has 0 bridgehead atoms. The summed E-state index contributed by atoms with van der Waals surface area (Å²) in [6.45, 7) is 6.58. The summed E-state index contributed by atoms with van der Waals surface area (Å²) >= 11 is 0. The Morgan fingerprint density at radius 3 is 2.05 bits per heavy atom. The van der Waals surface area contributed by atoms with Crippen molar-refractivity contribution in [2.75, 3.05) is 7.11 Å². The lowest BCUT2D eigenvalue weighted by Gasteiger charge is -2.19. The molecule has 0 rings (SSSR count). The lowest BCUT2D eigenvalue weighted by Crippen LogP contribution is -2.34. The number of ether oxygens (including phenoxy) is 3. The summed E-state index contributed by atoms with van der Waals surface area (Å²) in [5.74, 6) is -3.26. The van der Waals surface area contributed by atoms with Crippen molar-refractivity contribution in [3.8, 4) is 0 Å². The molecule has 0 amide bonds. The fourth-order valence-electron chi connectivity index (χ4n) is 1.18. The van der Waals surface area contributed by atoms with Gasteiger partial charge in [-0.3, -0.25) is 4.79 Å². The predicted octanol–water partition coefficient (Wildman–Crippen LogP) is 1.54. The van der Waals surface area contributed by atoms with Gasteiger partial charge in [-0.1, -0.05) is 13.3 Å². The number of hydrogen-bond donors (Lipinski definition) is 0. The van der Waals surface area contributed by atoms with Crippen molar-refractivity contribution >= 4 is 23.9 Å². The lowest BCUT2D eigenvalue weighted by molar-refractivity contribution is -0.176. The second-order valence-electron chi connectivity index (χ2n) is 5.53. The minimum atomic E-state index is -1.20. The van der Waals surface area contributed by atoms with Crippen molar-refractivity contribution in [2.24, 2.45) is 5.41 Å². The van der Waals surface area contributed by atoms with Crippen molar-refractivity contribution in [2.45, 2.75) is 46.6 Å². The fourth-order valence-corrected chi connectivity index (χ4v) is 1.18. The number of rotatable bonds is 6. The smallest absolute Gasteiger partial charge is 0.355 e. The third kappa shape index (κ3) is 7.56. The third-order valence-corrected chi connectivity index (χ3v) is 2.43. The minimum absolute atomic E-state index is 0.202. The van der Waals surface area contributed by atoms with Gasteiger partial charge in [0.1, 0.15) is 0 Å². The first-order chi connectivity index (χ1) is 10.1. The van der Waals surface area contributed by atoms with Gasteiger partial charge >= 0.3 is 23.9 Å². The maximum Gasteiger partial charge on any atom is 0.355 e. The Balaban J connectivity index is 4.75. The summed E-state index contributed by atoms with van der Waals surface area (Å²) in [5.41, 5.74) is -0.846. The molecule has 7 nitrogen and oxygen atoms in total. The Morgan fingerprint density at radius 2 is 1.59 bits per heavy atom. The van der Waals surface area contributed by atoms with Gasteiger partial charge in [-0.25, -0.2) is 14.4 Å². The SMILES string of the molecule is CCCC(OC(=O)/C=C/C(=O)OC)C(=O)OC(=O)C(C)(C)C. The molecule has 7 heteroatoms. The molecule has 0 fully saturated rings. The predicted molar refractivity (Wildman–Crippen MR) is 76.5 cm³/mol. The maximum atomic E-state index is 11.9. The summed E-state index contributed by atoms with van der Waals surface area (Å²) in [4.78, 5) is 45.9. The van der Waals surface area contributed by atoms with Crippen molar-refractivity contribution in [1.82, 2.24) is 0 Å². The Hall–Kier alpha value is -2.18. The van der Waals surface area contributed by atoms with Crippen LogP contribution in [0.4, 0.5) is 0 Å². The summed E-state index contributed by atoms with van der Waals surface area (Å²) in [5, 5.41) is 0. The van der Waals surface area contributed by atoms with Gasteiger partial charge in [-0.05, 0) is 27.2 Å². The summed E-state index contributed by atoms with van der Waals surface area (Å²) in [7, 11) is 1.16. The normalized spacial score (nSPS) is 12.6. The number of carbonyl (C=O) groups excluding carboxylic acids is 4. The van der Waals surface area contributed by atoms with Crippen molar-refractivity contribution in [3.63, 3.8) is 0 Å². The van der Waals surface area contributed by atoms with E-state index in [1.54, 1.807) is 27.7 Å². The summed E-state index contributed by atoms with van der Waals surface area (Å²) < 4.78 is 13.9. The van der Waals surface area contributed by atoms with Crippen molar-refractivity contribution in [1.29, 1.82) is 0 Å².